The van der Waals surface area contributed by atoms with Crippen LogP contribution in [0.2, 0.25) is 15.1 Å². The smallest absolute Gasteiger partial charge is 0.335 e. The third kappa shape index (κ3) is 6.87. The van der Waals surface area contributed by atoms with E-state index in [0.29, 0.717) is 35.6 Å². The van der Waals surface area contributed by atoms with E-state index in [1.54, 1.807) is 43.3 Å². The Morgan fingerprint density at radius 1 is 1.02 bits per heavy atom. The Balaban J connectivity index is 1.57. The molecule has 0 bridgehead atoms. The van der Waals surface area contributed by atoms with E-state index in [1.807, 2.05) is 22.6 Å². The molecule has 0 saturated carbocycles. The number of hydrogen-bond acceptors (Lipinski definition) is 6. The molecule has 3 aromatic carbocycles. The Hall–Kier alpha value is -3.32. The van der Waals surface area contributed by atoms with Crippen molar-refractivity contribution in [3.05, 3.63) is 84.4 Å². The van der Waals surface area contributed by atoms with E-state index in [4.69, 9.17) is 44.3 Å². The van der Waals surface area contributed by atoms with Gasteiger partial charge in [-0.15, -0.1) is 0 Å². The Morgan fingerprint density at radius 3 is 2.50 bits per heavy atom. The van der Waals surface area contributed by atoms with Crippen molar-refractivity contribution >= 4 is 98.6 Å². The molecule has 1 heterocycles. The molecule has 0 atom stereocenters. The number of hydrogen-bond donors (Lipinski definition) is 2. The first-order valence-corrected chi connectivity index (χ1v) is 13.8. The summed E-state index contributed by atoms with van der Waals surface area (Å²) in [5, 5.41) is 5.81. The quantitative estimate of drug-likeness (QED) is 0.160. The summed E-state index contributed by atoms with van der Waals surface area (Å²) in [4.78, 5) is 51.6. The van der Waals surface area contributed by atoms with Gasteiger partial charge in [0.2, 0.25) is 0 Å². The molecule has 13 heteroatoms. The third-order valence-electron chi connectivity index (χ3n) is 5.36. The molecule has 206 valence electrons. The molecule has 2 N–H and O–H groups in total. The second-order valence-electron chi connectivity index (χ2n) is 8.17. The number of rotatable bonds is 8. The van der Waals surface area contributed by atoms with Crippen molar-refractivity contribution in [2.45, 2.75) is 6.92 Å². The van der Waals surface area contributed by atoms with Crippen LogP contribution < -0.4 is 25.0 Å². The third-order valence-corrected chi connectivity index (χ3v) is 7.14. The lowest BCUT2D eigenvalue weighted by Crippen LogP contribution is -2.54. The number of benzene rings is 3. The summed E-state index contributed by atoms with van der Waals surface area (Å²) in [7, 11) is 0. The van der Waals surface area contributed by atoms with Gasteiger partial charge in [-0.05, 0) is 89.7 Å². The number of carbonyl (C=O) groups excluding carboxylic acids is 4. The summed E-state index contributed by atoms with van der Waals surface area (Å²) in [6, 6.07) is 13.1. The van der Waals surface area contributed by atoms with Gasteiger partial charge in [0.25, 0.3) is 17.7 Å². The molecule has 0 radical (unpaired) electrons. The van der Waals surface area contributed by atoms with Crippen LogP contribution in [0.5, 0.6) is 11.5 Å². The summed E-state index contributed by atoms with van der Waals surface area (Å²) in [6.07, 6.45) is 1.34. The van der Waals surface area contributed by atoms with Crippen molar-refractivity contribution in [1.29, 1.82) is 0 Å². The SMILES string of the molecule is CCOc1cc(/C=C2\C(=O)NC(=O)N(c3cccc(Cl)c3)C2=O)cc(I)c1OCC(=O)Nc1ccc(Cl)c(Cl)c1. The molecule has 1 aliphatic rings. The second-order valence-corrected chi connectivity index (χ2v) is 10.6. The monoisotopic (exact) mass is 713 g/mol. The lowest BCUT2D eigenvalue weighted by atomic mass is 10.1. The van der Waals surface area contributed by atoms with Crippen LogP contribution in [-0.4, -0.2) is 37.0 Å². The number of halogens is 4. The molecule has 0 unspecified atom stereocenters. The van der Waals surface area contributed by atoms with Crippen molar-refractivity contribution in [2.24, 2.45) is 0 Å². The number of amides is 5. The van der Waals surface area contributed by atoms with E-state index in [-0.39, 0.29) is 30.2 Å². The van der Waals surface area contributed by atoms with Gasteiger partial charge in [0.05, 0.1) is 25.9 Å². The number of carbonyl (C=O) groups is 4. The zero-order chi connectivity index (χ0) is 29.0. The molecule has 1 fully saturated rings. The standard InChI is InChI=1S/C27H19Cl3IN3O6/c1-2-39-22-10-14(8-18-25(36)33-27(38)34(26(18)37)17-5-3-4-15(28)11-17)9-21(31)24(22)40-13-23(35)32-16-6-7-19(29)20(30)12-16/h3-12H,2,13H2,1H3,(H,32,35)(H,33,36,38)/b18-8+. The van der Waals surface area contributed by atoms with Crippen LogP contribution in [0.4, 0.5) is 16.2 Å². The van der Waals surface area contributed by atoms with Crippen LogP contribution in [-0.2, 0) is 14.4 Å². The first-order chi connectivity index (χ1) is 19.1. The topological polar surface area (TPSA) is 114 Å². The number of nitrogens with zero attached hydrogens (tertiary/aromatic N) is 1. The van der Waals surface area contributed by atoms with Crippen molar-refractivity contribution in [3.63, 3.8) is 0 Å². The lowest BCUT2D eigenvalue weighted by Gasteiger charge is -2.26. The number of nitrogens with one attached hydrogen (secondary N) is 2. The summed E-state index contributed by atoms with van der Waals surface area (Å²) in [6.45, 7) is 1.71. The number of imide groups is 2. The van der Waals surface area contributed by atoms with E-state index >= 15 is 0 Å². The Kier molecular flexibility index (Phi) is 9.56. The molecule has 9 nitrogen and oxygen atoms in total. The van der Waals surface area contributed by atoms with E-state index in [9.17, 15) is 19.2 Å². The number of ether oxygens (including phenoxy) is 2. The zero-order valence-corrected chi connectivity index (χ0v) is 25.0. The highest BCUT2D eigenvalue weighted by Crippen LogP contribution is 2.35. The highest BCUT2D eigenvalue weighted by Gasteiger charge is 2.37. The van der Waals surface area contributed by atoms with Gasteiger partial charge in [-0.3, -0.25) is 19.7 Å². The first-order valence-electron chi connectivity index (χ1n) is 11.6. The Bertz CT molecular complexity index is 1560. The predicted octanol–water partition coefficient (Wildman–Crippen LogP) is 6.33. The van der Waals surface area contributed by atoms with Gasteiger partial charge in [0, 0.05) is 10.7 Å². The molecule has 1 saturated heterocycles. The maximum Gasteiger partial charge on any atom is 0.335 e. The summed E-state index contributed by atoms with van der Waals surface area (Å²) in [5.41, 5.74) is 0.818. The van der Waals surface area contributed by atoms with Gasteiger partial charge in [0.15, 0.2) is 18.1 Å². The van der Waals surface area contributed by atoms with Gasteiger partial charge >= 0.3 is 6.03 Å². The minimum Gasteiger partial charge on any atom is -0.490 e. The van der Waals surface area contributed by atoms with Crippen LogP contribution >= 0.6 is 57.4 Å². The van der Waals surface area contributed by atoms with E-state index in [1.165, 1.54) is 24.3 Å². The minimum atomic E-state index is -0.887. The largest absolute Gasteiger partial charge is 0.490 e. The van der Waals surface area contributed by atoms with E-state index in [0.717, 1.165) is 4.90 Å². The molecular weight excluding hydrogens is 696 g/mol. The summed E-state index contributed by atoms with van der Waals surface area (Å²) < 4.78 is 12.0. The van der Waals surface area contributed by atoms with E-state index < -0.39 is 23.8 Å². The molecule has 3 aromatic rings. The lowest BCUT2D eigenvalue weighted by molar-refractivity contribution is -0.122. The van der Waals surface area contributed by atoms with Crippen molar-refractivity contribution < 1.29 is 28.7 Å². The van der Waals surface area contributed by atoms with Gasteiger partial charge in [0.1, 0.15) is 5.57 Å². The maximum absolute atomic E-state index is 13.2. The fraction of sp³-hybridized carbons (Fsp3) is 0.111. The van der Waals surface area contributed by atoms with Crippen molar-refractivity contribution in [3.8, 4) is 11.5 Å². The molecule has 1 aliphatic heterocycles. The Morgan fingerprint density at radius 2 is 1.80 bits per heavy atom. The van der Waals surface area contributed by atoms with Crippen molar-refractivity contribution in [1.82, 2.24) is 5.32 Å². The van der Waals surface area contributed by atoms with Crippen molar-refractivity contribution in [2.75, 3.05) is 23.4 Å². The fourth-order valence-corrected chi connectivity index (χ4v) is 4.92. The number of urea groups is 1. The van der Waals surface area contributed by atoms with E-state index in [2.05, 4.69) is 10.6 Å². The number of barbiturate groups is 1. The van der Waals surface area contributed by atoms with Gasteiger partial charge in [-0.1, -0.05) is 40.9 Å². The van der Waals surface area contributed by atoms with Gasteiger partial charge in [-0.2, -0.15) is 0 Å². The average Bonchev–Trinajstić information content (AvgIpc) is 2.88. The second kappa shape index (κ2) is 12.9. The maximum atomic E-state index is 13.2. The summed E-state index contributed by atoms with van der Waals surface area (Å²) >= 11 is 19.9. The molecular formula is C27H19Cl3IN3O6. The van der Waals surface area contributed by atoms with Gasteiger partial charge in [-0.25, -0.2) is 9.69 Å². The first kappa shape index (κ1) is 29.7. The van der Waals surface area contributed by atoms with Gasteiger partial charge < -0.3 is 14.8 Å². The molecule has 0 aromatic heterocycles. The normalized spacial score (nSPS) is 14.3. The molecule has 0 spiro atoms. The van der Waals surface area contributed by atoms with Crippen LogP contribution in [0, 0.1) is 3.57 Å². The fourth-order valence-electron chi connectivity index (χ4n) is 3.66. The molecule has 5 amide bonds. The summed E-state index contributed by atoms with van der Waals surface area (Å²) in [5.74, 6) is -1.53. The zero-order valence-electron chi connectivity index (χ0n) is 20.6. The predicted molar refractivity (Wildman–Crippen MR) is 161 cm³/mol. The average molecular weight is 715 g/mol. The van der Waals surface area contributed by atoms with Crippen LogP contribution in [0.1, 0.15) is 12.5 Å². The van der Waals surface area contributed by atoms with Crippen LogP contribution in [0.3, 0.4) is 0 Å². The van der Waals surface area contributed by atoms with Crippen LogP contribution in [0.15, 0.2) is 60.2 Å². The van der Waals surface area contributed by atoms with Crippen LogP contribution in [0.25, 0.3) is 6.08 Å². The Labute approximate surface area is 257 Å². The minimum absolute atomic E-state index is 0.209. The highest BCUT2D eigenvalue weighted by molar-refractivity contribution is 14.1. The molecule has 0 aliphatic carbocycles. The molecule has 4 rings (SSSR count). The number of anilines is 2. The highest BCUT2D eigenvalue weighted by atomic mass is 127. The molecule has 40 heavy (non-hydrogen) atoms.